The number of nitrogens with one attached hydrogen (secondary N) is 1. The summed E-state index contributed by atoms with van der Waals surface area (Å²) >= 11 is 6.07. The minimum absolute atomic E-state index is 0. The molecule has 0 heterocycles. The van der Waals surface area contributed by atoms with Crippen LogP contribution in [-0.2, 0) is 6.54 Å². The minimum Gasteiger partial charge on any atom is -0.491 e. The summed E-state index contributed by atoms with van der Waals surface area (Å²) in [4.78, 5) is 0. The Morgan fingerprint density at radius 1 is 1.38 bits per heavy atom. The predicted molar refractivity (Wildman–Crippen MR) is 69.2 cm³/mol. The third-order valence-corrected chi connectivity index (χ3v) is 2.23. The van der Waals surface area contributed by atoms with Gasteiger partial charge in [-0.2, -0.15) is 0 Å². The number of ether oxygens (including phenoxy) is 2. The van der Waals surface area contributed by atoms with Gasteiger partial charge in [-0.25, -0.2) is 0 Å². The molecule has 92 valence electrons. The number of halogens is 2. The van der Waals surface area contributed by atoms with E-state index in [2.05, 4.69) is 5.32 Å². The molecule has 0 aliphatic rings. The van der Waals surface area contributed by atoms with Crippen LogP contribution in [0.1, 0.15) is 12.5 Å². The molecule has 0 atom stereocenters. The number of rotatable bonds is 5. The van der Waals surface area contributed by atoms with Gasteiger partial charge in [-0.05, 0) is 31.7 Å². The Balaban J connectivity index is 0.00000225. The lowest BCUT2D eigenvalue weighted by Crippen LogP contribution is -2.06. The summed E-state index contributed by atoms with van der Waals surface area (Å²) in [5.74, 6) is 1.29. The molecule has 0 aromatic heterocycles. The summed E-state index contributed by atoms with van der Waals surface area (Å²) in [6.07, 6.45) is 0. The van der Waals surface area contributed by atoms with E-state index in [1.165, 1.54) is 0 Å². The van der Waals surface area contributed by atoms with Crippen molar-refractivity contribution in [2.24, 2.45) is 0 Å². The lowest BCUT2D eigenvalue weighted by atomic mass is 10.2. The maximum atomic E-state index is 6.07. The Labute approximate surface area is 107 Å². The van der Waals surface area contributed by atoms with Crippen LogP contribution in [0, 0.1) is 0 Å². The third kappa shape index (κ3) is 3.74. The molecule has 0 spiro atoms. The fraction of sp³-hybridized carbons (Fsp3) is 0.455. The van der Waals surface area contributed by atoms with E-state index in [4.69, 9.17) is 21.1 Å². The Morgan fingerprint density at radius 3 is 2.56 bits per heavy atom. The molecule has 0 fully saturated rings. The summed E-state index contributed by atoms with van der Waals surface area (Å²) in [5, 5.41) is 3.64. The van der Waals surface area contributed by atoms with Gasteiger partial charge in [0, 0.05) is 6.54 Å². The van der Waals surface area contributed by atoms with Crippen LogP contribution in [0.5, 0.6) is 11.5 Å². The van der Waals surface area contributed by atoms with E-state index in [1.54, 1.807) is 7.11 Å². The van der Waals surface area contributed by atoms with Gasteiger partial charge in [-0.1, -0.05) is 11.6 Å². The van der Waals surface area contributed by atoms with Crippen LogP contribution >= 0.6 is 24.0 Å². The van der Waals surface area contributed by atoms with E-state index in [0.717, 1.165) is 12.1 Å². The van der Waals surface area contributed by atoms with Gasteiger partial charge < -0.3 is 14.8 Å². The van der Waals surface area contributed by atoms with Crippen molar-refractivity contribution in [1.82, 2.24) is 5.32 Å². The molecule has 5 heteroatoms. The smallest absolute Gasteiger partial charge is 0.179 e. The molecule has 0 aliphatic carbocycles. The van der Waals surface area contributed by atoms with Crippen molar-refractivity contribution in [2.75, 3.05) is 20.8 Å². The molecule has 3 nitrogen and oxygen atoms in total. The molecule has 0 radical (unpaired) electrons. The molecule has 0 saturated heterocycles. The highest BCUT2D eigenvalue weighted by molar-refractivity contribution is 6.32. The first-order valence-corrected chi connectivity index (χ1v) is 5.24. The number of methoxy groups -OCH3 is 1. The van der Waals surface area contributed by atoms with Crippen LogP contribution in [0.25, 0.3) is 0 Å². The maximum absolute atomic E-state index is 6.07. The number of hydrogen-bond acceptors (Lipinski definition) is 3. The van der Waals surface area contributed by atoms with E-state index in [0.29, 0.717) is 23.1 Å². The van der Waals surface area contributed by atoms with E-state index in [9.17, 15) is 0 Å². The Kier molecular flexibility index (Phi) is 7.30. The zero-order valence-corrected chi connectivity index (χ0v) is 11.2. The summed E-state index contributed by atoms with van der Waals surface area (Å²) in [7, 11) is 3.47. The van der Waals surface area contributed by atoms with Gasteiger partial charge in [-0.3, -0.25) is 0 Å². The minimum atomic E-state index is 0. The van der Waals surface area contributed by atoms with Crippen molar-refractivity contribution in [3.05, 3.63) is 22.7 Å². The lowest BCUT2D eigenvalue weighted by molar-refractivity contribution is 0.310. The fourth-order valence-electron chi connectivity index (χ4n) is 1.39. The molecular formula is C11H17Cl2NO2. The normalized spacial score (nSPS) is 9.50. The molecule has 0 amide bonds. The molecule has 1 aromatic carbocycles. The van der Waals surface area contributed by atoms with Crippen molar-refractivity contribution in [3.8, 4) is 11.5 Å². The Hall–Kier alpha value is -0.640. The molecule has 0 bridgehead atoms. The zero-order valence-electron chi connectivity index (χ0n) is 9.67. The van der Waals surface area contributed by atoms with Gasteiger partial charge >= 0.3 is 0 Å². The summed E-state index contributed by atoms with van der Waals surface area (Å²) in [6, 6.07) is 3.81. The molecule has 1 aromatic rings. The first-order valence-electron chi connectivity index (χ1n) is 4.86. The lowest BCUT2D eigenvalue weighted by Gasteiger charge is -2.12. The van der Waals surface area contributed by atoms with Crippen LogP contribution < -0.4 is 14.8 Å². The van der Waals surface area contributed by atoms with Gasteiger partial charge in [-0.15, -0.1) is 12.4 Å². The second-order valence-electron chi connectivity index (χ2n) is 3.07. The average Bonchev–Trinajstić information content (AvgIpc) is 2.18. The fourth-order valence-corrected chi connectivity index (χ4v) is 1.70. The SMILES string of the molecule is CCOc1cc(CNC)cc(Cl)c1OC.Cl. The number of benzene rings is 1. The molecule has 0 unspecified atom stereocenters. The largest absolute Gasteiger partial charge is 0.491 e. The van der Waals surface area contributed by atoms with E-state index >= 15 is 0 Å². The first-order chi connectivity index (χ1) is 7.22. The quantitative estimate of drug-likeness (QED) is 0.888. The van der Waals surface area contributed by atoms with Crippen molar-refractivity contribution in [2.45, 2.75) is 13.5 Å². The van der Waals surface area contributed by atoms with Crippen molar-refractivity contribution in [1.29, 1.82) is 0 Å². The van der Waals surface area contributed by atoms with E-state index in [-0.39, 0.29) is 12.4 Å². The van der Waals surface area contributed by atoms with Crippen LogP contribution in [0.2, 0.25) is 5.02 Å². The van der Waals surface area contributed by atoms with E-state index < -0.39 is 0 Å². The van der Waals surface area contributed by atoms with Gasteiger partial charge in [0.25, 0.3) is 0 Å². The molecule has 16 heavy (non-hydrogen) atoms. The second-order valence-corrected chi connectivity index (χ2v) is 3.48. The van der Waals surface area contributed by atoms with Crippen molar-refractivity contribution < 1.29 is 9.47 Å². The molecule has 1 N–H and O–H groups in total. The zero-order chi connectivity index (χ0) is 11.3. The Morgan fingerprint density at radius 2 is 2.06 bits per heavy atom. The first kappa shape index (κ1) is 15.4. The Bertz CT molecular complexity index is 332. The van der Waals surface area contributed by atoms with Gasteiger partial charge in [0.1, 0.15) is 0 Å². The molecule has 0 saturated carbocycles. The molecular weight excluding hydrogens is 249 g/mol. The predicted octanol–water partition coefficient (Wildman–Crippen LogP) is 2.89. The summed E-state index contributed by atoms with van der Waals surface area (Å²) < 4.78 is 10.6. The highest BCUT2D eigenvalue weighted by Gasteiger charge is 2.10. The third-order valence-electron chi connectivity index (χ3n) is 1.95. The van der Waals surface area contributed by atoms with Gasteiger partial charge in [0.15, 0.2) is 11.5 Å². The average molecular weight is 266 g/mol. The number of hydrogen-bond donors (Lipinski definition) is 1. The standard InChI is InChI=1S/C11H16ClNO2.ClH/c1-4-15-10-6-8(7-13-2)5-9(12)11(10)14-3;/h5-6,13H,4,7H2,1-3H3;1H. The van der Waals surface area contributed by atoms with Gasteiger partial charge in [0.2, 0.25) is 0 Å². The van der Waals surface area contributed by atoms with Crippen LogP contribution in [0.15, 0.2) is 12.1 Å². The van der Waals surface area contributed by atoms with Gasteiger partial charge in [0.05, 0.1) is 18.7 Å². The highest BCUT2D eigenvalue weighted by Crippen LogP contribution is 2.36. The van der Waals surface area contributed by atoms with Crippen LogP contribution in [-0.4, -0.2) is 20.8 Å². The topological polar surface area (TPSA) is 30.5 Å². The van der Waals surface area contributed by atoms with E-state index in [1.807, 2.05) is 26.1 Å². The monoisotopic (exact) mass is 265 g/mol. The molecule has 1 rings (SSSR count). The van der Waals surface area contributed by atoms with Crippen molar-refractivity contribution >= 4 is 24.0 Å². The van der Waals surface area contributed by atoms with Crippen molar-refractivity contribution in [3.63, 3.8) is 0 Å². The summed E-state index contributed by atoms with van der Waals surface area (Å²) in [6.45, 7) is 3.28. The summed E-state index contributed by atoms with van der Waals surface area (Å²) in [5.41, 5.74) is 1.08. The highest BCUT2D eigenvalue weighted by atomic mass is 35.5. The molecule has 0 aliphatic heterocycles. The maximum Gasteiger partial charge on any atom is 0.179 e. The van der Waals surface area contributed by atoms with Crippen LogP contribution in [0.4, 0.5) is 0 Å². The second kappa shape index (κ2) is 7.60. The van der Waals surface area contributed by atoms with Crippen LogP contribution in [0.3, 0.4) is 0 Å².